The van der Waals surface area contributed by atoms with Gasteiger partial charge >= 0.3 is 0 Å². The molecule has 0 bridgehead atoms. The Morgan fingerprint density at radius 1 is 1.03 bits per heavy atom. The summed E-state index contributed by atoms with van der Waals surface area (Å²) in [5.41, 5.74) is 2.20. The molecule has 2 aromatic carbocycles. The van der Waals surface area contributed by atoms with Gasteiger partial charge in [0.05, 0.1) is 5.56 Å². The molecule has 2 aliphatic carbocycles. The average Bonchev–Trinajstić information content (AvgIpc) is 3.35. The summed E-state index contributed by atoms with van der Waals surface area (Å²) in [4.78, 5) is 0. The molecule has 4 aromatic rings. The van der Waals surface area contributed by atoms with Crippen molar-refractivity contribution in [2.45, 2.75) is 38.8 Å². The minimum atomic E-state index is -2.81. The number of hydrogen-bond acceptors (Lipinski definition) is 1. The third-order valence-corrected chi connectivity index (χ3v) is 6.84. The van der Waals surface area contributed by atoms with E-state index >= 15 is 0 Å². The Morgan fingerprint density at radius 2 is 1.90 bits per heavy atom. The highest BCUT2D eigenvalue weighted by atomic mass is 16.3. The molecular weight excluding hydrogens is 378 g/mol. The number of nitrogens with zero attached hydrogens (tertiary/aromatic N) is 1. The van der Waals surface area contributed by atoms with Crippen LogP contribution in [0.25, 0.3) is 33.2 Å². The van der Waals surface area contributed by atoms with Gasteiger partial charge in [0.2, 0.25) is 5.69 Å². The molecule has 0 fully saturated rings. The first-order valence-electron chi connectivity index (χ1n) is 14.9. The third kappa shape index (κ3) is 2.48. The Balaban J connectivity index is 1.69. The highest BCUT2D eigenvalue weighted by molar-refractivity contribution is 6.10. The summed E-state index contributed by atoms with van der Waals surface area (Å²) >= 11 is 0. The first-order chi connectivity index (χ1) is 18.6. The standard InChI is InChI=1S/C29H28NO/c1-17-12-13-30(5)25(14-17)27-18(2)10-11-20-22-15-21-19-8-6-7-9-23(19)29(3,4)24(21)16-26(22)31-28(20)27/h6-16,19,23H,1-5H3/q+1/i1D3,3D3,4D3. The van der Waals surface area contributed by atoms with Gasteiger partial charge in [0.1, 0.15) is 18.2 Å². The normalized spacial score (nSPS) is 26.6. The summed E-state index contributed by atoms with van der Waals surface area (Å²) in [5, 5.41) is 1.53. The second-order valence-corrected chi connectivity index (χ2v) is 8.71. The lowest BCUT2D eigenvalue weighted by molar-refractivity contribution is -0.660. The zero-order valence-electron chi connectivity index (χ0n) is 26.4. The van der Waals surface area contributed by atoms with Crippen LogP contribution < -0.4 is 4.57 Å². The molecule has 0 radical (unpaired) electrons. The van der Waals surface area contributed by atoms with Crippen LogP contribution >= 0.6 is 0 Å². The van der Waals surface area contributed by atoms with Crippen LogP contribution in [0.3, 0.4) is 0 Å². The van der Waals surface area contributed by atoms with E-state index in [2.05, 4.69) is 0 Å². The largest absolute Gasteiger partial charge is 0.455 e. The topological polar surface area (TPSA) is 17.0 Å². The Bertz CT molecular complexity index is 1740. The summed E-state index contributed by atoms with van der Waals surface area (Å²) in [6.45, 7) is -5.99. The molecule has 2 aromatic heterocycles. The van der Waals surface area contributed by atoms with Crippen molar-refractivity contribution in [1.29, 1.82) is 0 Å². The smallest absolute Gasteiger partial charge is 0.216 e. The van der Waals surface area contributed by atoms with E-state index < -0.39 is 37.8 Å². The van der Waals surface area contributed by atoms with Crippen LogP contribution in [0, 0.1) is 19.7 Å². The molecule has 2 unspecified atom stereocenters. The molecule has 2 heteroatoms. The molecule has 6 rings (SSSR count). The second-order valence-electron chi connectivity index (χ2n) is 8.71. The number of aromatic nitrogens is 1. The van der Waals surface area contributed by atoms with Gasteiger partial charge in [-0.15, -0.1) is 0 Å². The van der Waals surface area contributed by atoms with E-state index in [1.165, 1.54) is 0 Å². The summed E-state index contributed by atoms with van der Waals surface area (Å²) in [6.07, 6.45) is 8.85. The van der Waals surface area contributed by atoms with Crippen molar-refractivity contribution in [3.8, 4) is 11.3 Å². The van der Waals surface area contributed by atoms with E-state index in [-0.39, 0.29) is 11.1 Å². The molecule has 154 valence electrons. The van der Waals surface area contributed by atoms with E-state index in [0.29, 0.717) is 22.4 Å². The van der Waals surface area contributed by atoms with Gasteiger partial charge in [-0.1, -0.05) is 50.1 Å². The van der Waals surface area contributed by atoms with Crippen LogP contribution in [0.4, 0.5) is 0 Å². The minimum absolute atomic E-state index is 0.204. The number of rotatable bonds is 1. The SMILES string of the molecule is [2H]C([2H])([2H])c1cc[n+](C)c(-c2c(C)ccc3c2oc2cc4c(cc23)C2C=CC=CC2C4(C([2H])([2H])[2H])C([2H])([2H])[2H])c1. The summed E-state index contributed by atoms with van der Waals surface area (Å²) in [7, 11) is 1.83. The molecule has 0 saturated carbocycles. The van der Waals surface area contributed by atoms with Gasteiger partial charge in [-0.25, -0.2) is 4.57 Å². The van der Waals surface area contributed by atoms with Crippen LogP contribution in [0.2, 0.25) is 0 Å². The summed E-state index contributed by atoms with van der Waals surface area (Å²) < 4.78 is 83.0. The van der Waals surface area contributed by atoms with Gasteiger partial charge in [0, 0.05) is 41.2 Å². The van der Waals surface area contributed by atoms with E-state index in [1.807, 2.05) is 48.9 Å². The van der Waals surface area contributed by atoms with Gasteiger partial charge in [0.15, 0.2) is 6.20 Å². The number of pyridine rings is 1. The Morgan fingerprint density at radius 3 is 2.74 bits per heavy atom. The average molecular weight is 416 g/mol. The molecule has 2 nitrogen and oxygen atoms in total. The van der Waals surface area contributed by atoms with Crippen molar-refractivity contribution < 1.29 is 21.3 Å². The fourth-order valence-electron chi connectivity index (χ4n) is 5.25. The highest BCUT2D eigenvalue weighted by Crippen LogP contribution is 2.54. The van der Waals surface area contributed by atoms with Crippen molar-refractivity contribution in [1.82, 2.24) is 0 Å². The maximum Gasteiger partial charge on any atom is 0.216 e. The van der Waals surface area contributed by atoms with Crippen molar-refractivity contribution in [2.24, 2.45) is 13.0 Å². The van der Waals surface area contributed by atoms with Gasteiger partial charge in [-0.3, -0.25) is 0 Å². The number of furan rings is 1. The second kappa shape index (κ2) is 6.20. The predicted octanol–water partition coefficient (Wildman–Crippen LogP) is 6.81. The zero-order chi connectivity index (χ0) is 29.0. The van der Waals surface area contributed by atoms with Crippen LogP contribution in [-0.4, -0.2) is 0 Å². The molecular formula is C29H28NO+. The van der Waals surface area contributed by atoms with E-state index in [4.69, 9.17) is 16.8 Å². The van der Waals surface area contributed by atoms with Gasteiger partial charge in [0.25, 0.3) is 0 Å². The fraction of sp³-hybridized carbons (Fsp3) is 0.276. The first-order valence-corrected chi connectivity index (χ1v) is 10.4. The quantitative estimate of drug-likeness (QED) is 0.312. The van der Waals surface area contributed by atoms with Crippen molar-refractivity contribution in [2.75, 3.05) is 0 Å². The number of fused-ring (bicyclic) bond motifs is 6. The third-order valence-electron chi connectivity index (χ3n) is 6.84. The number of benzene rings is 2. The van der Waals surface area contributed by atoms with E-state index in [9.17, 15) is 0 Å². The molecule has 2 atom stereocenters. The Kier molecular flexibility index (Phi) is 2.29. The van der Waals surface area contributed by atoms with Gasteiger partial charge < -0.3 is 4.42 Å². The number of allylic oxidation sites excluding steroid dienone is 4. The van der Waals surface area contributed by atoms with Crippen molar-refractivity contribution in [3.63, 3.8) is 0 Å². The zero-order valence-corrected chi connectivity index (χ0v) is 17.4. The molecule has 0 N–H and O–H groups in total. The van der Waals surface area contributed by atoms with Crippen LogP contribution in [0.1, 0.15) is 54.2 Å². The van der Waals surface area contributed by atoms with E-state index in [1.54, 1.807) is 36.5 Å². The minimum Gasteiger partial charge on any atom is -0.455 e. The Labute approximate surface area is 196 Å². The van der Waals surface area contributed by atoms with Crippen molar-refractivity contribution >= 4 is 21.9 Å². The maximum absolute atomic E-state index is 8.51. The van der Waals surface area contributed by atoms with Crippen LogP contribution in [0.15, 0.2) is 71.3 Å². The Hall–Kier alpha value is -3.13. The number of hydrogen-bond donors (Lipinski definition) is 0. The summed E-state index contributed by atoms with van der Waals surface area (Å²) in [6, 6.07) is 10.6. The maximum atomic E-state index is 8.51. The van der Waals surface area contributed by atoms with Crippen LogP contribution in [-0.2, 0) is 12.5 Å². The molecule has 0 spiro atoms. The lowest BCUT2D eigenvalue weighted by Gasteiger charge is -2.29. The highest BCUT2D eigenvalue weighted by Gasteiger charge is 2.45. The predicted molar refractivity (Wildman–Crippen MR) is 127 cm³/mol. The van der Waals surface area contributed by atoms with Gasteiger partial charge in [-0.05, 0) is 59.5 Å². The van der Waals surface area contributed by atoms with Crippen LogP contribution in [0.5, 0.6) is 0 Å². The molecule has 31 heavy (non-hydrogen) atoms. The fourth-order valence-corrected chi connectivity index (χ4v) is 5.25. The molecule has 0 saturated heterocycles. The lowest BCUT2D eigenvalue weighted by Crippen LogP contribution is -2.30. The molecule has 2 heterocycles. The molecule has 0 aliphatic heterocycles. The number of aryl methyl sites for hydroxylation is 3. The monoisotopic (exact) mass is 415 g/mol. The first kappa shape index (κ1) is 11.5. The molecule has 0 amide bonds. The van der Waals surface area contributed by atoms with Crippen molar-refractivity contribution in [3.05, 3.63) is 89.2 Å². The lowest BCUT2D eigenvalue weighted by atomic mass is 9.74. The summed E-state index contributed by atoms with van der Waals surface area (Å²) in [5.74, 6) is -1.17. The molecule has 2 aliphatic rings. The van der Waals surface area contributed by atoms with E-state index in [0.717, 1.165) is 21.9 Å². The van der Waals surface area contributed by atoms with Gasteiger partial charge in [-0.2, -0.15) is 0 Å².